The Balaban J connectivity index is 1.93. The van der Waals surface area contributed by atoms with Crippen LogP contribution >= 0.6 is 0 Å². The van der Waals surface area contributed by atoms with Crippen LogP contribution in [0.3, 0.4) is 0 Å². The Labute approximate surface area is 122 Å². The maximum Gasteiger partial charge on any atom is 0.251 e. The van der Waals surface area contributed by atoms with E-state index in [1.807, 2.05) is 6.92 Å². The molecule has 0 radical (unpaired) electrons. The van der Waals surface area contributed by atoms with E-state index in [2.05, 4.69) is 20.8 Å². The number of carbonyl (C=O) groups is 1. The summed E-state index contributed by atoms with van der Waals surface area (Å²) < 4.78 is 4.90. The lowest BCUT2D eigenvalue weighted by molar-refractivity contribution is 0.0956. The van der Waals surface area contributed by atoms with Crippen LogP contribution in [0.2, 0.25) is 0 Å². The van der Waals surface area contributed by atoms with Crippen LogP contribution in [0.1, 0.15) is 29.0 Å². The number of amides is 1. The number of benzene rings is 1. The van der Waals surface area contributed by atoms with Crippen molar-refractivity contribution < 1.29 is 9.32 Å². The van der Waals surface area contributed by atoms with Gasteiger partial charge in [-0.05, 0) is 25.1 Å². The molecule has 0 aliphatic heterocycles. The molecule has 0 atom stereocenters. The van der Waals surface area contributed by atoms with Gasteiger partial charge in [0.2, 0.25) is 5.89 Å². The van der Waals surface area contributed by atoms with Gasteiger partial charge in [-0.3, -0.25) is 4.79 Å². The Morgan fingerprint density at radius 2 is 2.24 bits per heavy atom. The summed E-state index contributed by atoms with van der Waals surface area (Å²) in [7, 11) is 0. The van der Waals surface area contributed by atoms with E-state index >= 15 is 0 Å². The summed E-state index contributed by atoms with van der Waals surface area (Å²) in [6, 6.07) is 5.19. The molecule has 4 N–H and O–H groups in total. The van der Waals surface area contributed by atoms with Crippen LogP contribution < -0.4 is 16.4 Å². The molecule has 7 heteroatoms. The van der Waals surface area contributed by atoms with Gasteiger partial charge in [-0.15, -0.1) is 0 Å². The van der Waals surface area contributed by atoms with Gasteiger partial charge in [-0.1, -0.05) is 5.16 Å². The standard InChI is InChI=1S/C14H19N5O2/c1-3-16-14(20)10-4-5-12(11(15)8-10)17-7-6-13-18-9(2)21-19-13/h4-5,8,17H,3,6-7,15H2,1-2H3,(H,16,20). The molecule has 0 saturated heterocycles. The molecule has 0 unspecified atom stereocenters. The summed E-state index contributed by atoms with van der Waals surface area (Å²) in [4.78, 5) is 15.8. The average Bonchev–Trinajstić information content (AvgIpc) is 2.86. The van der Waals surface area contributed by atoms with Gasteiger partial charge in [0.15, 0.2) is 5.82 Å². The topological polar surface area (TPSA) is 106 Å². The molecule has 0 fully saturated rings. The number of nitrogens with one attached hydrogen (secondary N) is 2. The first-order valence-electron chi connectivity index (χ1n) is 6.81. The van der Waals surface area contributed by atoms with Crippen molar-refractivity contribution in [2.45, 2.75) is 20.3 Å². The van der Waals surface area contributed by atoms with Gasteiger partial charge in [0.05, 0.1) is 11.4 Å². The normalized spacial score (nSPS) is 10.4. The highest BCUT2D eigenvalue weighted by Crippen LogP contribution is 2.19. The Bertz CT molecular complexity index is 624. The third kappa shape index (κ3) is 3.95. The van der Waals surface area contributed by atoms with Crippen LogP contribution in [0.25, 0.3) is 0 Å². The summed E-state index contributed by atoms with van der Waals surface area (Å²) in [6.45, 7) is 4.84. The van der Waals surface area contributed by atoms with Crippen molar-refractivity contribution in [3.63, 3.8) is 0 Å². The highest BCUT2D eigenvalue weighted by Gasteiger charge is 2.07. The van der Waals surface area contributed by atoms with Crippen molar-refractivity contribution in [2.75, 3.05) is 24.1 Å². The van der Waals surface area contributed by atoms with E-state index in [0.29, 0.717) is 42.5 Å². The van der Waals surface area contributed by atoms with Crippen LogP contribution in [0, 0.1) is 6.92 Å². The van der Waals surface area contributed by atoms with Crippen LogP contribution in [-0.2, 0) is 6.42 Å². The van der Waals surface area contributed by atoms with Crippen LogP contribution in [-0.4, -0.2) is 29.1 Å². The molecule has 7 nitrogen and oxygen atoms in total. The lowest BCUT2D eigenvalue weighted by Gasteiger charge is -2.10. The van der Waals surface area contributed by atoms with Crippen LogP contribution in [0.4, 0.5) is 11.4 Å². The van der Waals surface area contributed by atoms with Crippen molar-refractivity contribution in [2.24, 2.45) is 0 Å². The molecule has 21 heavy (non-hydrogen) atoms. The fourth-order valence-electron chi connectivity index (χ4n) is 1.88. The molecule has 2 aromatic rings. The van der Waals surface area contributed by atoms with E-state index in [4.69, 9.17) is 10.3 Å². The van der Waals surface area contributed by atoms with E-state index in [0.717, 1.165) is 5.69 Å². The van der Waals surface area contributed by atoms with Gasteiger partial charge in [0.1, 0.15) is 0 Å². The molecule has 0 aliphatic rings. The van der Waals surface area contributed by atoms with E-state index in [9.17, 15) is 4.79 Å². The smallest absolute Gasteiger partial charge is 0.251 e. The summed E-state index contributed by atoms with van der Waals surface area (Å²) in [6.07, 6.45) is 0.634. The van der Waals surface area contributed by atoms with E-state index in [1.165, 1.54) is 0 Å². The second kappa shape index (κ2) is 6.74. The van der Waals surface area contributed by atoms with Crippen molar-refractivity contribution in [1.29, 1.82) is 0 Å². The van der Waals surface area contributed by atoms with Crippen molar-refractivity contribution >= 4 is 17.3 Å². The highest BCUT2D eigenvalue weighted by atomic mass is 16.5. The third-order valence-electron chi connectivity index (χ3n) is 2.88. The van der Waals surface area contributed by atoms with Crippen molar-refractivity contribution in [3.8, 4) is 0 Å². The second-order valence-electron chi connectivity index (χ2n) is 4.57. The predicted octanol–water partition coefficient (Wildman–Crippen LogP) is 1.36. The lowest BCUT2D eigenvalue weighted by Crippen LogP contribution is -2.22. The zero-order valence-corrected chi connectivity index (χ0v) is 12.1. The number of hydrogen-bond acceptors (Lipinski definition) is 6. The molecule has 0 spiro atoms. The largest absolute Gasteiger partial charge is 0.397 e. The highest BCUT2D eigenvalue weighted by molar-refractivity contribution is 5.96. The molecule has 1 aromatic carbocycles. The van der Waals surface area contributed by atoms with Gasteiger partial charge >= 0.3 is 0 Å². The number of carbonyl (C=O) groups excluding carboxylic acids is 1. The van der Waals surface area contributed by atoms with Crippen LogP contribution in [0.15, 0.2) is 22.7 Å². The van der Waals surface area contributed by atoms with Crippen molar-refractivity contribution in [1.82, 2.24) is 15.5 Å². The van der Waals surface area contributed by atoms with Gasteiger partial charge < -0.3 is 20.9 Å². The van der Waals surface area contributed by atoms with Gasteiger partial charge in [0.25, 0.3) is 5.91 Å². The summed E-state index contributed by atoms with van der Waals surface area (Å²) in [5.74, 6) is 1.08. The molecule has 0 saturated carbocycles. The molecular formula is C14H19N5O2. The number of hydrogen-bond donors (Lipinski definition) is 3. The predicted molar refractivity (Wildman–Crippen MR) is 80.1 cm³/mol. The van der Waals surface area contributed by atoms with E-state index in [1.54, 1.807) is 25.1 Å². The minimum Gasteiger partial charge on any atom is -0.397 e. The lowest BCUT2D eigenvalue weighted by atomic mass is 10.1. The minimum atomic E-state index is -0.127. The zero-order valence-electron chi connectivity index (χ0n) is 12.1. The molecule has 1 heterocycles. The number of aryl methyl sites for hydroxylation is 1. The van der Waals surface area contributed by atoms with E-state index in [-0.39, 0.29) is 5.91 Å². The molecule has 112 valence electrons. The average molecular weight is 289 g/mol. The first kappa shape index (κ1) is 14.8. The Morgan fingerprint density at radius 1 is 1.43 bits per heavy atom. The molecular weight excluding hydrogens is 270 g/mol. The number of nitrogen functional groups attached to an aromatic ring is 1. The van der Waals surface area contributed by atoms with Gasteiger partial charge in [-0.2, -0.15) is 4.98 Å². The number of nitrogens with zero attached hydrogens (tertiary/aromatic N) is 2. The van der Waals surface area contributed by atoms with Gasteiger partial charge in [-0.25, -0.2) is 0 Å². The second-order valence-corrected chi connectivity index (χ2v) is 4.57. The molecule has 0 aliphatic carbocycles. The zero-order chi connectivity index (χ0) is 15.2. The fourth-order valence-corrected chi connectivity index (χ4v) is 1.88. The SMILES string of the molecule is CCNC(=O)c1ccc(NCCc2noc(C)n2)c(N)c1. The monoisotopic (exact) mass is 289 g/mol. The van der Waals surface area contributed by atoms with Crippen molar-refractivity contribution in [3.05, 3.63) is 35.5 Å². The van der Waals surface area contributed by atoms with Crippen LogP contribution in [0.5, 0.6) is 0 Å². The summed E-state index contributed by atoms with van der Waals surface area (Å²) in [5, 5.41) is 9.74. The first-order chi connectivity index (χ1) is 10.1. The number of rotatable bonds is 6. The fraction of sp³-hybridized carbons (Fsp3) is 0.357. The van der Waals surface area contributed by atoms with E-state index < -0.39 is 0 Å². The quantitative estimate of drug-likeness (QED) is 0.693. The maximum atomic E-state index is 11.7. The molecule has 1 amide bonds. The van der Waals surface area contributed by atoms with Gasteiger partial charge in [0, 0.05) is 32.0 Å². The number of anilines is 2. The molecule has 2 rings (SSSR count). The Kier molecular flexibility index (Phi) is 4.76. The number of nitrogens with two attached hydrogens (primary N) is 1. The molecule has 1 aromatic heterocycles. The third-order valence-corrected chi connectivity index (χ3v) is 2.88. The summed E-state index contributed by atoms with van der Waals surface area (Å²) >= 11 is 0. The minimum absolute atomic E-state index is 0.127. The Morgan fingerprint density at radius 3 is 2.86 bits per heavy atom. The Hall–Kier alpha value is -2.57. The number of aromatic nitrogens is 2. The first-order valence-corrected chi connectivity index (χ1v) is 6.81. The summed E-state index contributed by atoms with van der Waals surface area (Å²) in [5.41, 5.74) is 7.81. The molecule has 0 bridgehead atoms. The maximum absolute atomic E-state index is 11.7.